The van der Waals surface area contributed by atoms with Gasteiger partial charge in [-0.2, -0.15) is 0 Å². The molecule has 0 aromatic heterocycles. The van der Waals surface area contributed by atoms with Crippen molar-refractivity contribution >= 4 is 28.8 Å². The normalized spacial score (nSPS) is 14.4. The number of rotatable bonds is 5. The molecule has 1 aliphatic rings. The first-order valence-electron chi connectivity index (χ1n) is 8.62. The SMILES string of the molecule is CC(C)N1C(=O)C(Nc2ccc(N(C)C)cc2)=C(c2ccccc2)C1=O. The molecule has 0 unspecified atom stereocenters. The first-order chi connectivity index (χ1) is 12.4. The van der Waals surface area contributed by atoms with E-state index in [1.165, 1.54) is 4.90 Å². The lowest BCUT2D eigenvalue weighted by atomic mass is 10.0. The van der Waals surface area contributed by atoms with E-state index in [2.05, 4.69) is 5.32 Å². The molecule has 0 bridgehead atoms. The van der Waals surface area contributed by atoms with E-state index in [-0.39, 0.29) is 17.9 Å². The lowest BCUT2D eigenvalue weighted by Gasteiger charge is -2.19. The van der Waals surface area contributed by atoms with E-state index in [1.54, 1.807) is 0 Å². The summed E-state index contributed by atoms with van der Waals surface area (Å²) in [5.74, 6) is -0.552. The Balaban J connectivity index is 2.02. The molecule has 0 atom stereocenters. The summed E-state index contributed by atoms with van der Waals surface area (Å²) in [6.45, 7) is 3.68. The molecule has 5 heteroatoms. The van der Waals surface area contributed by atoms with Crippen LogP contribution >= 0.6 is 0 Å². The van der Waals surface area contributed by atoms with Gasteiger partial charge < -0.3 is 10.2 Å². The summed E-state index contributed by atoms with van der Waals surface area (Å²) in [4.78, 5) is 29.1. The number of hydrogen-bond acceptors (Lipinski definition) is 4. The van der Waals surface area contributed by atoms with Gasteiger partial charge in [-0.1, -0.05) is 30.3 Å². The van der Waals surface area contributed by atoms with Gasteiger partial charge in [0.2, 0.25) is 0 Å². The zero-order valence-electron chi connectivity index (χ0n) is 15.5. The summed E-state index contributed by atoms with van der Waals surface area (Å²) in [7, 11) is 3.94. The Morgan fingerprint density at radius 3 is 2.04 bits per heavy atom. The van der Waals surface area contributed by atoms with E-state index >= 15 is 0 Å². The smallest absolute Gasteiger partial charge is 0.278 e. The van der Waals surface area contributed by atoms with Crippen LogP contribution in [-0.4, -0.2) is 36.9 Å². The van der Waals surface area contributed by atoms with E-state index in [1.807, 2.05) is 87.4 Å². The second-order valence-corrected chi connectivity index (χ2v) is 6.76. The second-order valence-electron chi connectivity index (χ2n) is 6.76. The average molecular weight is 349 g/mol. The third-order valence-corrected chi connectivity index (χ3v) is 4.35. The minimum atomic E-state index is -0.291. The molecular formula is C21H23N3O2. The van der Waals surface area contributed by atoms with Crippen molar-refractivity contribution in [2.75, 3.05) is 24.3 Å². The van der Waals surface area contributed by atoms with Crippen LogP contribution in [0.2, 0.25) is 0 Å². The van der Waals surface area contributed by atoms with Gasteiger partial charge in [0.15, 0.2) is 0 Å². The van der Waals surface area contributed by atoms with Crippen LogP contribution in [0.3, 0.4) is 0 Å². The van der Waals surface area contributed by atoms with Gasteiger partial charge in [-0.25, -0.2) is 0 Å². The van der Waals surface area contributed by atoms with Gasteiger partial charge in [-0.15, -0.1) is 0 Å². The summed E-state index contributed by atoms with van der Waals surface area (Å²) in [5, 5.41) is 3.17. The number of imide groups is 1. The monoisotopic (exact) mass is 349 g/mol. The maximum Gasteiger partial charge on any atom is 0.278 e. The van der Waals surface area contributed by atoms with Crippen molar-refractivity contribution < 1.29 is 9.59 Å². The van der Waals surface area contributed by atoms with Crippen LogP contribution in [0.1, 0.15) is 19.4 Å². The average Bonchev–Trinajstić information content (AvgIpc) is 2.86. The predicted octanol–water partition coefficient (Wildman–Crippen LogP) is 3.35. The zero-order valence-corrected chi connectivity index (χ0v) is 15.5. The van der Waals surface area contributed by atoms with Crippen molar-refractivity contribution in [1.82, 2.24) is 4.90 Å². The second kappa shape index (κ2) is 7.04. The van der Waals surface area contributed by atoms with Gasteiger partial charge >= 0.3 is 0 Å². The summed E-state index contributed by atoms with van der Waals surface area (Å²) in [6.07, 6.45) is 0. The summed E-state index contributed by atoms with van der Waals surface area (Å²) < 4.78 is 0. The molecular weight excluding hydrogens is 326 g/mol. The number of nitrogens with one attached hydrogen (secondary N) is 1. The van der Waals surface area contributed by atoms with E-state index in [0.717, 1.165) is 16.9 Å². The molecule has 0 fully saturated rings. The van der Waals surface area contributed by atoms with E-state index < -0.39 is 0 Å². The van der Waals surface area contributed by atoms with E-state index in [0.29, 0.717) is 11.3 Å². The molecule has 0 radical (unpaired) electrons. The van der Waals surface area contributed by atoms with Crippen LogP contribution in [0, 0.1) is 0 Å². The third kappa shape index (κ3) is 3.20. The topological polar surface area (TPSA) is 52.7 Å². The molecule has 2 aromatic carbocycles. The maximum absolute atomic E-state index is 12.9. The molecule has 26 heavy (non-hydrogen) atoms. The summed E-state index contributed by atoms with van der Waals surface area (Å²) in [6, 6.07) is 16.8. The van der Waals surface area contributed by atoms with Gasteiger partial charge in [0, 0.05) is 31.5 Å². The Bertz CT molecular complexity index is 853. The van der Waals surface area contributed by atoms with Crippen molar-refractivity contribution in [3.63, 3.8) is 0 Å². The molecule has 1 N–H and O–H groups in total. The summed E-state index contributed by atoms with van der Waals surface area (Å²) >= 11 is 0. The lowest BCUT2D eigenvalue weighted by molar-refractivity contribution is -0.138. The molecule has 3 rings (SSSR count). The highest BCUT2D eigenvalue weighted by Gasteiger charge is 2.40. The first kappa shape index (κ1) is 17.7. The fourth-order valence-electron chi connectivity index (χ4n) is 2.99. The van der Waals surface area contributed by atoms with E-state index in [4.69, 9.17) is 0 Å². The van der Waals surface area contributed by atoms with E-state index in [9.17, 15) is 9.59 Å². The van der Waals surface area contributed by atoms with Gasteiger partial charge in [0.1, 0.15) is 5.70 Å². The number of carbonyl (C=O) groups is 2. The molecule has 2 amide bonds. The van der Waals surface area contributed by atoms with Crippen LogP contribution < -0.4 is 10.2 Å². The first-order valence-corrected chi connectivity index (χ1v) is 8.62. The lowest BCUT2D eigenvalue weighted by Crippen LogP contribution is -2.38. The minimum Gasteiger partial charge on any atom is -0.378 e. The molecule has 134 valence electrons. The highest BCUT2D eigenvalue weighted by atomic mass is 16.2. The van der Waals surface area contributed by atoms with Crippen molar-refractivity contribution in [3.8, 4) is 0 Å². The summed E-state index contributed by atoms with van der Waals surface area (Å²) in [5.41, 5.74) is 3.31. The van der Waals surface area contributed by atoms with Crippen LogP contribution in [-0.2, 0) is 9.59 Å². The van der Waals surface area contributed by atoms with Crippen LogP contribution in [0.5, 0.6) is 0 Å². The van der Waals surface area contributed by atoms with Crippen molar-refractivity contribution in [2.24, 2.45) is 0 Å². The highest BCUT2D eigenvalue weighted by Crippen LogP contribution is 2.31. The molecule has 0 saturated carbocycles. The maximum atomic E-state index is 12.9. The van der Waals surface area contributed by atoms with Crippen LogP contribution in [0.25, 0.3) is 5.57 Å². The van der Waals surface area contributed by atoms with Crippen molar-refractivity contribution in [2.45, 2.75) is 19.9 Å². The van der Waals surface area contributed by atoms with Gasteiger partial charge in [0.05, 0.1) is 5.57 Å². The highest BCUT2D eigenvalue weighted by molar-refractivity contribution is 6.36. The van der Waals surface area contributed by atoms with Crippen LogP contribution in [0.15, 0.2) is 60.3 Å². The molecule has 0 spiro atoms. The number of nitrogens with zero attached hydrogens (tertiary/aromatic N) is 2. The van der Waals surface area contributed by atoms with Gasteiger partial charge in [-0.3, -0.25) is 14.5 Å². The minimum absolute atomic E-state index is 0.205. The molecule has 5 nitrogen and oxygen atoms in total. The molecule has 1 aliphatic heterocycles. The Hall–Kier alpha value is -3.08. The largest absolute Gasteiger partial charge is 0.378 e. The predicted molar refractivity (Wildman–Crippen MR) is 105 cm³/mol. The Morgan fingerprint density at radius 1 is 0.885 bits per heavy atom. The molecule has 2 aromatic rings. The number of benzene rings is 2. The number of amides is 2. The Kier molecular flexibility index (Phi) is 4.80. The Morgan fingerprint density at radius 2 is 1.50 bits per heavy atom. The fraction of sp³-hybridized carbons (Fsp3) is 0.238. The Labute approximate surface area is 153 Å². The number of anilines is 2. The zero-order chi connectivity index (χ0) is 18.8. The molecule has 0 saturated heterocycles. The van der Waals surface area contributed by atoms with Crippen molar-refractivity contribution in [1.29, 1.82) is 0 Å². The fourth-order valence-corrected chi connectivity index (χ4v) is 2.99. The van der Waals surface area contributed by atoms with Gasteiger partial charge in [-0.05, 0) is 43.7 Å². The quantitative estimate of drug-likeness (QED) is 0.841. The van der Waals surface area contributed by atoms with Crippen molar-refractivity contribution in [3.05, 3.63) is 65.9 Å². The standard InChI is InChI=1S/C21H23N3O2/c1-14(2)24-20(25)18(15-8-6-5-7-9-15)19(21(24)26)22-16-10-12-17(13-11-16)23(3)4/h5-14,22H,1-4H3. The molecule has 0 aliphatic carbocycles. The number of hydrogen-bond donors (Lipinski definition) is 1. The molecule has 1 heterocycles. The number of carbonyl (C=O) groups excluding carboxylic acids is 2. The van der Waals surface area contributed by atoms with Crippen LogP contribution in [0.4, 0.5) is 11.4 Å². The van der Waals surface area contributed by atoms with Gasteiger partial charge in [0.25, 0.3) is 11.8 Å². The third-order valence-electron chi connectivity index (χ3n) is 4.35.